The first-order chi connectivity index (χ1) is 8.04. The molecular formula is C12H11F2NO2. The minimum atomic E-state index is -0.686. The van der Waals surface area contributed by atoms with Gasteiger partial charge >= 0.3 is 0 Å². The molecule has 1 aliphatic rings. The molecule has 1 aliphatic heterocycles. The van der Waals surface area contributed by atoms with E-state index < -0.39 is 17.7 Å². The molecule has 1 saturated heterocycles. The Hall–Kier alpha value is -1.78. The summed E-state index contributed by atoms with van der Waals surface area (Å²) in [4.78, 5) is 22.6. The number of hydrogen-bond donors (Lipinski definition) is 1. The molecule has 1 fully saturated rings. The topological polar surface area (TPSA) is 46.2 Å². The van der Waals surface area contributed by atoms with Crippen LogP contribution in [0.2, 0.25) is 0 Å². The van der Waals surface area contributed by atoms with Crippen LogP contribution >= 0.6 is 0 Å². The highest BCUT2D eigenvalue weighted by Gasteiger charge is 2.26. The van der Waals surface area contributed by atoms with Gasteiger partial charge in [0.25, 0.3) is 0 Å². The second kappa shape index (κ2) is 4.61. The van der Waals surface area contributed by atoms with Gasteiger partial charge < -0.3 is 5.32 Å². The number of nitrogens with one attached hydrogen (secondary N) is 1. The van der Waals surface area contributed by atoms with Crippen molar-refractivity contribution in [2.45, 2.75) is 25.3 Å². The van der Waals surface area contributed by atoms with Crippen LogP contribution in [0, 0.1) is 11.6 Å². The number of rotatable bonds is 2. The standard InChI is InChI=1S/C12H11F2NO2/c13-8-3-7(4-9(14)6-8)5-10-11(16)1-2-12(17)15-10/h3-4,6,10H,1-2,5H2,(H,15,17). The van der Waals surface area contributed by atoms with Gasteiger partial charge in [0.15, 0.2) is 5.78 Å². The van der Waals surface area contributed by atoms with Crippen LogP contribution in [-0.2, 0) is 16.0 Å². The van der Waals surface area contributed by atoms with Crippen LogP contribution < -0.4 is 5.32 Å². The Labute approximate surface area is 96.8 Å². The number of piperidine rings is 1. The minimum Gasteiger partial charge on any atom is -0.346 e. The van der Waals surface area contributed by atoms with Gasteiger partial charge in [0.1, 0.15) is 11.6 Å². The number of carbonyl (C=O) groups is 2. The van der Waals surface area contributed by atoms with Gasteiger partial charge in [-0.15, -0.1) is 0 Å². The highest BCUT2D eigenvalue weighted by molar-refractivity contribution is 5.95. The van der Waals surface area contributed by atoms with E-state index in [1.165, 1.54) is 0 Å². The predicted molar refractivity (Wildman–Crippen MR) is 56.2 cm³/mol. The number of ketones is 1. The van der Waals surface area contributed by atoms with Crippen LogP contribution in [0.25, 0.3) is 0 Å². The van der Waals surface area contributed by atoms with Gasteiger partial charge in [-0.05, 0) is 24.1 Å². The fourth-order valence-corrected chi connectivity index (χ4v) is 1.89. The van der Waals surface area contributed by atoms with E-state index in [2.05, 4.69) is 5.32 Å². The highest BCUT2D eigenvalue weighted by atomic mass is 19.1. The maximum absolute atomic E-state index is 12.9. The Morgan fingerprint density at radius 1 is 1.12 bits per heavy atom. The third-order valence-electron chi connectivity index (χ3n) is 2.68. The summed E-state index contributed by atoms with van der Waals surface area (Å²) in [6.07, 6.45) is 0.500. The molecule has 0 bridgehead atoms. The molecule has 1 unspecified atom stereocenters. The summed E-state index contributed by atoms with van der Waals surface area (Å²) in [5.74, 6) is -1.68. The fraction of sp³-hybridized carbons (Fsp3) is 0.333. The molecule has 1 aromatic rings. The summed E-state index contributed by atoms with van der Waals surface area (Å²) >= 11 is 0. The molecule has 0 saturated carbocycles. The van der Waals surface area contributed by atoms with Gasteiger partial charge in [0, 0.05) is 18.9 Å². The molecular weight excluding hydrogens is 228 g/mol. The van der Waals surface area contributed by atoms with E-state index in [4.69, 9.17) is 0 Å². The average Bonchev–Trinajstić information content (AvgIpc) is 2.22. The first kappa shape index (κ1) is 11.7. The van der Waals surface area contributed by atoms with Crippen molar-refractivity contribution in [3.05, 3.63) is 35.4 Å². The summed E-state index contributed by atoms with van der Waals surface area (Å²) < 4.78 is 25.9. The lowest BCUT2D eigenvalue weighted by molar-refractivity contribution is -0.132. The van der Waals surface area contributed by atoms with Gasteiger partial charge in [-0.2, -0.15) is 0 Å². The summed E-state index contributed by atoms with van der Waals surface area (Å²) in [6.45, 7) is 0. The molecule has 0 spiro atoms. The maximum Gasteiger partial charge on any atom is 0.221 e. The zero-order valence-electron chi connectivity index (χ0n) is 9.00. The fourth-order valence-electron chi connectivity index (χ4n) is 1.89. The largest absolute Gasteiger partial charge is 0.346 e. The molecule has 3 nitrogen and oxygen atoms in total. The lowest BCUT2D eigenvalue weighted by atomic mass is 9.96. The van der Waals surface area contributed by atoms with Gasteiger partial charge in [0.05, 0.1) is 6.04 Å². The second-order valence-electron chi connectivity index (χ2n) is 4.07. The Morgan fingerprint density at radius 3 is 2.41 bits per heavy atom. The van der Waals surface area contributed by atoms with E-state index in [1.54, 1.807) is 0 Å². The van der Waals surface area contributed by atoms with E-state index in [0.717, 1.165) is 18.2 Å². The monoisotopic (exact) mass is 239 g/mol. The van der Waals surface area contributed by atoms with Crippen molar-refractivity contribution in [1.29, 1.82) is 0 Å². The van der Waals surface area contributed by atoms with Crippen molar-refractivity contribution in [3.63, 3.8) is 0 Å². The quantitative estimate of drug-likeness (QED) is 0.846. The van der Waals surface area contributed by atoms with Crippen LogP contribution in [-0.4, -0.2) is 17.7 Å². The number of hydrogen-bond acceptors (Lipinski definition) is 2. The number of Topliss-reactive ketones (excluding diaryl/α,β-unsaturated/α-hetero) is 1. The maximum atomic E-state index is 12.9. The van der Waals surface area contributed by atoms with Gasteiger partial charge in [-0.3, -0.25) is 9.59 Å². The van der Waals surface area contributed by atoms with Gasteiger partial charge in [-0.1, -0.05) is 0 Å². The first-order valence-electron chi connectivity index (χ1n) is 5.31. The summed E-state index contributed by atoms with van der Waals surface area (Å²) in [7, 11) is 0. The Bertz CT molecular complexity index is 453. The molecule has 5 heteroatoms. The van der Waals surface area contributed by atoms with E-state index in [1.807, 2.05) is 0 Å². The normalized spacial score (nSPS) is 20.2. The molecule has 2 rings (SSSR count). The average molecular weight is 239 g/mol. The Kier molecular flexibility index (Phi) is 3.17. The summed E-state index contributed by atoms with van der Waals surface area (Å²) in [5, 5.41) is 2.52. The second-order valence-corrected chi connectivity index (χ2v) is 4.07. The van der Waals surface area contributed by atoms with Crippen molar-refractivity contribution in [2.24, 2.45) is 0 Å². The Morgan fingerprint density at radius 2 is 1.76 bits per heavy atom. The molecule has 0 aromatic heterocycles. The number of amides is 1. The molecule has 1 amide bonds. The number of halogens is 2. The van der Waals surface area contributed by atoms with Crippen molar-refractivity contribution in [1.82, 2.24) is 5.32 Å². The van der Waals surface area contributed by atoms with Crippen molar-refractivity contribution >= 4 is 11.7 Å². The summed E-state index contributed by atoms with van der Waals surface area (Å²) in [6, 6.07) is 2.43. The lowest BCUT2D eigenvalue weighted by Crippen LogP contribution is -2.46. The number of benzene rings is 1. The third-order valence-corrected chi connectivity index (χ3v) is 2.68. The van der Waals surface area contributed by atoms with Crippen LogP contribution in [0.15, 0.2) is 18.2 Å². The predicted octanol–water partition coefficient (Wildman–Crippen LogP) is 1.36. The van der Waals surface area contributed by atoms with E-state index in [9.17, 15) is 18.4 Å². The van der Waals surface area contributed by atoms with Crippen molar-refractivity contribution < 1.29 is 18.4 Å². The van der Waals surface area contributed by atoms with E-state index >= 15 is 0 Å². The first-order valence-corrected chi connectivity index (χ1v) is 5.31. The third kappa shape index (κ3) is 2.87. The lowest BCUT2D eigenvalue weighted by Gasteiger charge is -2.22. The molecule has 1 aromatic carbocycles. The molecule has 1 atom stereocenters. The van der Waals surface area contributed by atoms with Crippen LogP contribution in [0.3, 0.4) is 0 Å². The zero-order chi connectivity index (χ0) is 12.4. The van der Waals surface area contributed by atoms with Crippen LogP contribution in [0.1, 0.15) is 18.4 Å². The van der Waals surface area contributed by atoms with Crippen LogP contribution in [0.4, 0.5) is 8.78 Å². The van der Waals surface area contributed by atoms with Crippen LogP contribution in [0.5, 0.6) is 0 Å². The minimum absolute atomic E-state index is 0.103. The smallest absolute Gasteiger partial charge is 0.221 e. The van der Waals surface area contributed by atoms with Crippen molar-refractivity contribution in [3.8, 4) is 0 Å². The molecule has 0 aliphatic carbocycles. The van der Waals surface area contributed by atoms with E-state index in [-0.39, 0.29) is 31.0 Å². The SMILES string of the molecule is O=C1CCC(=O)C(Cc2cc(F)cc(F)c2)N1. The zero-order valence-corrected chi connectivity index (χ0v) is 9.00. The number of carbonyl (C=O) groups excluding carboxylic acids is 2. The highest BCUT2D eigenvalue weighted by Crippen LogP contribution is 2.13. The molecule has 1 N–H and O–H groups in total. The molecule has 17 heavy (non-hydrogen) atoms. The van der Waals surface area contributed by atoms with E-state index in [0.29, 0.717) is 5.56 Å². The summed E-state index contributed by atoms with van der Waals surface area (Å²) in [5.41, 5.74) is 0.364. The van der Waals surface area contributed by atoms with Gasteiger partial charge in [-0.25, -0.2) is 8.78 Å². The Balaban J connectivity index is 2.13. The van der Waals surface area contributed by atoms with Crippen molar-refractivity contribution in [2.75, 3.05) is 0 Å². The van der Waals surface area contributed by atoms with Gasteiger partial charge in [0.2, 0.25) is 5.91 Å². The molecule has 1 heterocycles. The molecule has 90 valence electrons. The molecule has 0 radical (unpaired) electrons.